The van der Waals surface area contributed by atoms with Crippen LogP contribution < -0.4 is 0 Å². The second kappa shape index (κ2) is 2.96. The predicted molar refractivity (Wildman–Crippen MR) is 46.4 cm³/mol. The Morgan fingerprint density at radius 3 is 2.73 bits per heavy atom. The molecule has 1 aliphatic carbocycles. The maximum atomic E-state index is 11.4. The van der Waals surface area contributed by atoms with Crippen LogP contribution in [0.3, 0.4) is 0 Å². The Morgan fingerprint density at radius 1 is 1.45 bits per heavy atom. The molecule has 1 aliphatic rings. The van der Waals surface area contributed by atoms with Crippen LogP contribution in [0.5, 0.6) is 0 Å². The van der Waals surface area contributed by atoms with Gasteiger partial charge in [0.2, 0.25) is 0 Å². The van der Waals surface area contributed by atoms with Crippen LogP contribution >= 0.6 is 0 Å². The fourth-order valence-electron chi connectivity index (χ4n) is 1.78. The molecule has 1 unspecified atom stereocenters. The summed E-state index contributed by atoms with van der Waals surface area (Å²) >= 11 is 0. The molecule has 64 valence electrons. The molecule has 1 atom stereocenters. The number of ketones is 1. The number of Topliss-reactive ketones (excluding diaryl/α,β-unsaturated/α-hetero) is 1. The van der Waals surface area contributed by atoms with Crippen LogP contribution in [0.2, 0.25) is 0 Å². The monoisotopic (exact) mass is 154 g/mol. The standard InChI is InChI=1S/C10H18O/c1-8-5-4-6-10(2,3)7-9(8)11/h8H,4-7H2,1-3H3. The Balaban J connectivity index is 2.63. The predicted octanol–water partition coefficient (Wildman–Crippen LogP) is 2.79. The molecule has 0 radical (unpaired) electrons. The minimum absolute atomic E-state index is 0.266. The zero-order valence-electron chi connectivity index (χ0n) is 7.81. The summed E-state index contributed by atoms with van der Waals surface area (Å²) in [6, 6.07) is 0. The Labute approximate surface area is 69.2 Å². The lowest BCUT2D eigenvalue weighted by atomic mass is 9.84. The third kappa shape index (κ3) is 2.32. The van der Waals surface area contributed by atoms with Crippen molar-refractivity contribution in [1.29, 1.82) is 0 Å². The lowest BCUT2D eigenvalue weighted by Crippen LogP contribution is -2.17. The molecule has 0 saturated heterocycles. The largest absolute Gasteiger partial charge is 0.299 e. The molecule has 0 aliphatic heterocycles. The lowest BCUT2D eigenvalue weighted by Gasteiger charge is -2.20. The fourth-order valence-corrected chi connectivity index (χ4v) is 1.78. The molecule has 0 bridgehead atoms. The van der Waals surface area contributed by atoms with Crippen molar-refractivity contribution >= 4 is 5.78 Å². The van der Waals surface area contributed by atoms with Crippen molar-refractivity contribution in [2.75, 3.05) is 0 Å². The summed E-state index contributed by atoms with van der Waals surface area (Å²) in [6.45, 7) is 6.45. The van der Waals surface area contributed by atoms with Crippen LogP contribution in [0.15, 0.2) is 0 Å². The number of rotatable bonds is 0. The second-order valence-electron chi connectivity index (χ2n) is 4.60. The summed E-state index contributed by atoms with van der Waals surface area (Å²) in [7, 11) is 0. The van der Waals surface area contributed by atoms with Gasteiger partial charge in [0.1, 0.15) is 5.78 Å². The Bertz CT molecular complexity index is 158. The van der Waals surface area contributed by atoms with Crippen LogP contribution in [0.25, 0.3) is 0 Å². The van der Waals surface area contributed by atoms with Crippen LogP contribution in [0.4, 0.5) is 0 Å². The van der Waals surface area contributed by atoms with E-state index >= 15 is 0 Å². The van der Waals surface area contributed by atoms with Crippen LogP contribution in [-0.4, -0.2) is 5.78 Å². The number of carbonyl (C=O) groups excluding carboxylic acids is 1. The van der Waals surface area contributed by atoms with Crippen LogP contribution in [0.1, 0.15) is 46.5 Å². The van der Waals surface area contributed by atoms with Gasteiger partial charge >= 0.3 is 0 Å². The summed E-state index contributed by atoms with van der Waals surface area (Å²) in [4.78, 5) is 11.4. The van der Waals surface area contributed by atoms with Crippen LogP contribution in [0, 0.1) is 11.3 Å². The van der Waals surface area contributed by atoms with Crippen molar-refractivity contribution in [3.63, 3.8) is 0 Å². The van der Waals surface area contributed by atoms with Gasteiger partial charge in [-0.1, -0.05) is 27.2 Å². The molecule has 11 heavy (non-hydrogen) atoms. The van der Waals surface area contributed by atoms with E-state index in [0.29, 0.717) is 11.7 Å². The molecular weight excluding hydrogens is 136 g/mol. The van der Waals surface area contributed by atoms with E-state index < -0.39 is 0 Å². The second-order valence-corrected chi connectivity index (χ2v) is 4.60. The average molecular weight is 154 g/mol. The van der Waals surface area contributed by atoms with E-state index in [1.807, 2.05) is 0 Å². The number of hydrogen-bond acceptors (Lipinski definition) is 1. The maximum absolute atomic E-state index is 11.4. The molecule has 0 aromatic heterocycles. The molecule has 0 N–H and O–H groups in total. The SMILES string of the molecule is CC1CCCC(C)(C)CC1=O. The first kappa shape index (κ1) is 8.76. The van der Waals surface area contributed by atoms with Gasteiger partial charge < -0.3 is 0 Å². The van der Waals surface area contributed by atoms with Gasteiger partial charge in [0.25, 0.3) is 0 Å². The van der Waals surface area contributed by atoms with Gasteiger partial charge in [0.15, 0.2) is 0 Å². The quantitative estimate of drug-likeness (QED) is 0.490. The van der Waals surface area contributed by atoms with E-state index in [1.165, 1.54) is 12.8 Å². The molecular formula is C10H18O. The van der Waals surface area contributed by atoms with E-state index in [1.54, 1.807) is 0 Å². The Hall–Kier alpha value is -0.330. The Morgan fingerprint density at radius 2 is 2.09 bits per heavy atom. The van der Waals surface area contributed by atoms with Gasteiger partial charge in [-0.3, -0.25) is 4.79 Å². The maximum Gasteiger partial charge on any atom is 0.136 e. The summed E-state index contributed by atoms with van der Waals surface area (Å²) in [5.41, 5.74) is 0.266. The topological polar surface area (TPSA) is 17.1 Å². The molecule has 1 fully saturated rings. The van der Waals surface area contributed by atoms with Gasteiger partial charge in [0, 0.05) is 12.3 Å². The van der Waals surface area contributed by atoms with Gasteiger partial charge in [-0.15, -0.1) is 0 Å². The smallest absolute Gasteiger partial charge is 0.136 e. The van der Waals surface area contributed by atoms with Gasteiger partial charge in [-0.25, -0.2) is 0 Å². The van der Waals surface area contributed by atoms with Crippen molar-refractivity contribution in [2.45, 2.75) is 46.5 Å². The van der Waals surface area contributed by atoms with Gasteiger partial charge in [0.05, 0.1) is 0 Å². The zero-order valence-corrected chi connectivity index (χ0v) is 7.81. The van der Waals surface area contributed by atoms with Crippen molar-refractivity contribution in [3.05, 3.63) is 0 Å². The number of hydrogen-bond donors (Lipinski definition) is 0. The first-order chi connectivity index (χ1) is 5.01. The van der Waals surface area contributed by atoms with Gasteiger partial charge in [-0.05, 0) is 18.3 Å². The third-order valence-electron chi connectivity index (χ3n) is 2.69. The van der Waals surface area contributed by atoms with Gasteiger partial charge in [-0.2, -0.15) is 0 Å². The highest BCUT2D eigenvalue weighted by molar-refractivity contribution is 5.81. The molecule has 0 aromatic rings. The number of carbonyl (C=O) groups is 1. The highest BCUT2D eigenvalue weighted by Gasteiger charge is 2.27. The van der Waals surface area contributed by atoms with E-state index in [2.05, 4.69) is 20.8 Å². The minimum atomic E-state index is 0.266. The summed E-state index contributed by atoms with van der Waals surface area (Å²) in [5, 5.41) is 0. The van der Waals surface area contributed by atoms with E-state index in [4.69, 9.17) is 0 Å². The molecule has 0 aromatic carbocycles. The normalized spacial score (nSPS) is 31.5. The average Bonchev–Trinajstić information content (AvgIpc) is 1.93. The van der Waals surface area contributed by atoms with Crippen molar-refractivity contribution < 1.29 is 4.79 Å². The third-order valence-corrected chi connectivity index (χ3v) is 2.69. The molecule has 1 rings (SSSR count). The highest BCUT2D eigenvalue weighted by Crippen LogP contribution is 2.33. The molecule has 1 heteroatoms. The zero-order chi connectivity index (χ0) is 8.48. The molecule has 0 heterocycles. The van der Waals surface area contributed by atoms with Crippen molar-refractivity contribution in [1.82, 2.24) is 0 Å². The molecule has 1 nitrogen and oxygen atoms in total. The Kier molecular flexibility index (Phi) is 2.36. The summed E-state index contributed by atoms with van der Waals surface area (Å²) < 4.78 is 0. The summed E-state index contributed by atoms with van der Waals surface area (Å²) in [5.74, 6) is 0.782. The van der Waals surface area contributed by atoms with E-state index in [9.17, 15) is 4.79 Å². The van der Waals surface area contributed by atoms with Crippen molar-refractivity contribution in [2.24, 2.45) is 11.3 Å². The van der Waals surface area contributed by atoms with E-state index in [-0.39, 0.29) is 5.41 Å². The summed E-state index contributed by atoms with van der Waals surface area (Å²) in [6.07, 6.45) is 4.32. The first-order valence-electron chi connectivity index (χ1n) is 4.54. The fraction of sp³-hybridized carbons (Fsp3) is 0.900. The molecule has 0 spiro atoms. The molecule has 0 amide bonds. The first-order valence-corrected chi connectivity index (χ1v) is 4.54. The molecule has 1 saturated carbocycles. The van der Waals surface area contributed by atoms with Crippen molar-refractivity contribution in [3.8, 4) is 0 Å². The lowest BCUT2D eigenvalue weighted by molar-refractivity contribution is -0.123. The highest BCUT2D eigenvalue weighted by atomic mass is 16.1. The van der Waals surface area contributed by atoms with E-state index in [0.717, 1.165) is 12.8 Å². The minimum Gasteiger partial charge on any atom is -0.299 e. The van der Waals surface area contributed by atoms with Crippen LogP contribution in [-0.2, 0) is 4.79 Å².